The molecule has 0 unspecified atom stereocenters. The topological polar surface area (TPSA) is 62.5 Å². The van der Waals surface area contributed by atoms with E-state index in [-0.39, 0.29) is 5.91 Å². The summed E-state index contributed by atoms with van der Waals surface area (Å²) in [6, 6.07) is 22.0. The van der Waals surface area contributed by atoms with Crippen molar-refractivity contribution < 1.29 is 4.79 Å². The lowest BCUT2D eigenvalue weighted by atomic mass is 10.1. The third kappa shape index (κ3) is 3.56. The van der Waals surface area contributed by atoms with Crippen LogP contribution in [0.2, 0.25) is 0 Å². The average molecular weight is 415 g/mol. The molecule has 1 aliphatic heterocycles. The highest BCUT2D eigenvalue weighted by Crippen LogP contribution is 2.29. The van der Waals surface area contributed by atoms with Crippen molar-refractivity contribution in [2.24, 2.45) is 5.84 Å². The smallest absolute Gasteiger partial charge is 0.274 e. The highest BCUT2D eigenvalue weighted by molar-refractivity contribution is 7.14. The van der Waals surface area contributed by atoms with Crippen molar-refractivity contribution in [3.8, 4) is 11.3 Å². The fourth-order valence-corrected chi connectivity index (χ4v) is 4.63. The summed E-state index contributed by atoms with van der Waals surface area (Å²) in [6.45, 7) is 2.25. The summed E-state index contributed by atoms with van der Waals surface area (Å²) in [6.07, 6.45) is 2.52. The van der Waals surface area contributed by atoms with Crippen molar-refractivity contribution in [3.63, 3.8) is 0 Å². The summed E-state index contributed by atoms with van der Waals surface area (Å²) in [4.78, 5) is 19.9. The lowest BCUT2D eigenvalue weighted by molar-refractivity contribution is 0.0987. The number of hydrazine groups is 1. The van der Waals surface area contributed by atoms with E-state index in [0.29, 0.717) is 10.7 Å². The minimum Gasteiger partial charge on any atom is -0.372 e. The maximum Gasteiger partial charge on any atom is 0.274 e. The monoisotopic (exact) mass is 414 g/mol. The van der Waals surface area contributed by atoms with Crippen LogP contribution >= 0.6 is 11.3 Å². The van der Waals surface area contributed by atoms with Gasteiger partial charge in [0.05, 0.1) is 5.69 Å². The quantitative estimate of drug-likeness (QED) is 0.287. The molecular weight excluding hydrogens is 392 g/mol. The normalized spacial score (nSPS) is 13.7. The van der Waals surface area contributed by atoms with E-state index < -0.39 is 0 Å². The molecule has 6 heteroatoms. The molecule has 1 fully saturated rings. The van der Waals surface area contributed by atoms with Crippen LogP contribution in [-0.2, 0) is 0 Å². The van der Waals surface area contributed by atoms with Gasteiger partial charge in [0.15, 0.2) is 0 Å². The van der Waals surface area contributed by atoms with Crippen molar-refractivity contribution in [1.82, 2.24) is 4.98 Å². The second kappa shape index (κ2) is 7.89. The molecule has 0 radical (unpaired) electrons. The molecule has 5 rings (SSSR count). The molecule has 0 aliphatic carbocycles. The summed E-state index contributed by atoms with van der Waals surface area (Å²) < 4.78 is 0. The van der Waals surface area contributed by atoms with Gasteiger partial charge in [-0.15, -0.1) is 11.3 Å². The van der Waals surface area contributed by atoms with Gasteiger partial charge in [-0.1, -0.05) is 42.5 Å². The van der Waals surface area contributed by atoms with Crippen LogP contribution in [0.1, 0.15) is 23.2 Å². The Hall–Kier alpha value is -3.22. The van der Waals surface area contributed by atoms with E-state index in [1.807, 2.05) is 41.8 Å². The van der Waals surface area contributed by atoms with Crippen LogP contribution in [0.4, 0.5) is 10.8 Å². The highest BCUT2D eigenvalue weighted by Gasteiger charge is 2.19. The first-order valence-electron chi connectivity index (χ1n) is 10.1. The minimum atomic E-state index is -0.272. The molecule has 5 nitrogen and oxygen atoms in total. The van der Waals surface area contributed by atoms with E-state index in [4.69, 9.17) is 5.84 Å². The van der Waals surface area contributed by atoms with Crippen LogP contribution in [-0.4, -0.2) is 24.0 Å². The van der Waals surface area contributed by atoms with Crippen molar-refractivity contribution in [2.45, 2.75) is 12.8 Å². The Kier molecular flexibility index (Phi) is 4.94. The lowest BCUT2D eigenvalue weighted by Crippen LogP contribution is -2.37. The molecule has 150 valence electrons. The van der Waals surface area contributed by atoms with Gasteiger partial charge in [0, 0.05) is 35.3 Å². The predicted molar refractivity (Wildman–Crippen MR) is 124 cm³/mol. The van der Waals surface area contributed by atoms with Crippen molar-refractivity contribution >= 4 is 38.8 Å². The Bertz CT molecular complexity index is 1200. The molecule has 0 bridgehead atoms. The predicted octanol–water partition coefficient (Wildman–Crippen LogP) is 5.08. The number of nitrogens with two attached hydrogens (primary N) is 1. The first-order valence-corrected chi connectivity index (χ1v) is 11.0. The molecule has 2 heterocycles. The molecule has 0 atom stereocenters. The zero-order chi connectivity index (χ0) is 20.5. The Morgan fingerprint density at radius 3 is 2.47 bits per heavy atom. The summed E-state index contributed by atoms with van der Waals surface area (Å²) in [5, 5.41) is 5.65. The Morgan fingerprint density at radius 1 is 0.967 bits per heavy atom. The molecule has 0 saturated carbocycles. The van der Waals surface area contributed by atoms with Crippen molar-refractivity contribution in [1.29, 1.82) is 0 Å². The third-order valence-corrected chi connectivity index (χ3v) is 6.39. The number of anilines is 2. The standard InChI is InChI=1S/C24H22N4OS/c25-28(23(29)20-8-7-17-5-1-2-6-19(17)15-20)24-26-22(16-30-24)18-9-11-21(12-10-18)27-13-3-4-14-27/h1-2,5-12,15-16H,3-4,13-14,25H2. The van der Waals surface area contributed by atoms with Gasteiger partial charge < -0.3 is 4.90 Å². The molecule has 1 aliphatic rings. The first kappa shape index (κ1) is 18.8. The van der Waals surface area contributed by atoms with Gasteiger partial charge in [0.25, 0.3) is 5.91 Å². The van der Waals surface area contributed by atoms with E-state index >= 15 is 0 Å². The lowest BCUT2D eigenvalue weighted by Gasteiger charge is -2.17. The van der Waals surface area contributed by atoms with Gasteiger partial charge in [0.2, 0.25) is 5.13 Å². The highest BCUT2D eigenvalue weighted by atomic mass is 32.1. The van der Waals surface area contributed by atoms with Gasteiger partial charge in [-0.2, -0.15) is 0 Å². The van der Waals surface area contributed by atoms with Crippen LogP contribution < -0.4 is 15.8 Å². The number of rotatable bonds is 4. The van der Waals surface area contributed by atoms with E-state index in [0.717, 1.165) is 40.1 Å². The number of hydrogen-bond acceptors (Lipinski definition) is 5. The number of aromatic nitrogens is 1. The van der Waals surface area contributed by atoms with E-state index in [1.165, 1.54) is 29.9 Å². The summed E-state index contributed by atoms with van der Waals surface area (Å²) in [5.41, 5.74) is 3.64. The molecule has 1 amide bonds. The summed E-state index contributed by atoms with van der Waals surface area (Å²) >= 11 is 1.37. The molecule has 0 spiro atoms. The fraction of sp³-hybridized carbons (Fsp3) is 0.167. The number of thiazole rings is 1. The molecule has 1 aromatic heterocycles. The molecule has 4 aromatic rings. The molecule has 1 saturated heterocycles. The van der Waals surface area contributed by atoms with E-state index in [9.17, 15) is 4.79 Å². The van der Waals surface area contributed by atoms with Gasteiger partial charge in [0.1, 0.15) is 0 Å². The molecule has 2 N–H and O–H groups in total. The molecule has 3 aromatic carbocycles. The number of benzene rings is 3. The van der Waals surface area contributed by atoms with Gasteiger partial charge in [-0.05, 0) is 47.9 Å². The van der Waals surface area contributed by atoms with Crippen LogP contribution in [0.5, 0.6) is 0 Å². The number of carbonyl (C=O) groups is 1. The van der Waals surface area contributed by atoms with Crippen molar-refractivity contribution in [2.75, 3.05) is 23.0 Å². The largest absolute Gasteiger partial charge is 0.372 e. The third-order valence-electron chi connectivity index (χ3n) is 5.55. The van der Waals surface area contributed by atoms with Gasteiger partial charge in [-0.3, -0.25) is 4.79 Å². The minimum absolute atomic E-state index is 0.272. The molecule has 30 heavy (non-hydrogen) atoms. The second-order valence-electron chi connectivity index (χ2n) is 7.49. The zero-order valence-corrected chi connectivity index (χ0v) is 17.3. The van der Waals surface area contributed by atoms with Crippen LogP contribution in [0, 0.1) is 0 Å². The fourth-order valence-electron chi connectivity index (χ4n) is 3.87. The number of nitrogens with zero attached hydrogens (tertiary/aromatic N) is 3. The van der Waals surface area contributed by atoms with E-state index in [2.05, 4.69) is 34.1 Å². The van der Waals surface area contributed by atoms with Crippen molar-refractivity contribution in [3.05, 3.63) is 77.7 Å². The molecular formula is C24H22N4OS. The second-order valence-corrected chi connectivity index (χ2v) is 8.33. The summed E-state index contributed by atoms with van der Waals surface area (Å²) in [5.74, 6) is 5.87. The first-order chi connectivity index (χ1) is 14.7. The summed E-state index contributed by atoms with van der Waals surface area (Å²) in [7, 11) is 0. The van der Waals surface area contributed by atoms with Crippen LogP contribution in [0.3, 0.4) is 0 Å². The SMILES string of the molecule is NN(C(=O)c1ccc2ccccc2c1)c1nc(-c2ccc(N3CCCC3)cc2)cs1. The van der Waals surface area contributed by atoms with E-state index in [1.54, 1.807) is 6.07 Å². The van der Waals surface area contributed by atoms with Crippen LogP contribution in [0.25, 0.3) is 22.0 Å². The Labute approximate surface area is 179 Å². The van der Waals surface area contributed by atoms with Gasteiger partial charge >= 0.3 is 0 Å². The zero-order valence-electron chi connectivity index (χ0n) is 16.5. The number of amides is 1. The maximum atomic E-state index is 12.9. The number of fused-ring (bicyclic) bond motifs is 1. The maximum absolute atomic E-state index is 12.9. The van der Waals surface area contributed by atoms with Gasteiger partial charge in [-0.25, -0.2) is 15.8 Å². The Morgan fingerprint density at radius 2 is 1.70 bits per heavy atom. The number of carbonyl (C=O) groups excluding carboxylic acids is 1. The van der Waals surface area contributed by atoms with Crippen LogP contribution in [0.15, 0.2) is 72.1 Å². The Balaban J connectivity index is 1.35. The number of hydrogen-bond donors (Lipinski definition) is 1. The average Bonchev–Trinajstić information content (AvgIpc) is 3.50.